The number of carbonyl (C=O) groups excluding carboxylic acids is 1. The fraction of sp³-hybridized carbons (Fsp3) is 0.190. The number of hydrogen-bond acceptors (Lipinski definition) is 8. The number of hydrogen-bond donors (Lipinski definition) is 0. The minimum absolute atomic E-state index is 0.0379. The number of ether oxygens (including phenoxy) is 2. The van der Waals surface area contributed by atoms with Gasteiger partial charge in [0.2, 0.25) is 5.88 Å². The van der Waals surface area contributed by atoms with Gasteiger partial charge in [-0.3, -0.25) is 14.7 Å². The molecule has 0 N–H and O–H groups in total. The van der Waals surface area contributed by atoms with Crippen molar-refractivity contribution in [1.82, 2.24) is 19.9 Å². The zero-order chi connectivity index (χ0) is 22.0. The first kappa shape index (κ1) is 21.0. The Balaban J connectivity index is 1.82. The van der Waals surface area contributed by atoms with Gasteiger partial charge < -0.3 is 9.47 Å². The number of aryl methyl sites for hydroxylation is 1. The third-order valence-electron chi connectivity index (χ3n) is 4.47. The van der Waals surface area contributed by atoms with Crippen LogP contribution in [0.2, 0.25) is 5.02 Å². The minimum atomic E-state index is -0.370. The first-order valence-corrected chi connectivity index (χ1v) is 10.4. The summed E-state index contributed by atoms with van der Waals surface area (Å²) in [6, 6.07) is 8.91. The molecule has 0 aliphatic rings. The van der Waals surface area contributed by atoms with E-state index >= 15 is 0 Å². The van der Waals surface area contributed by atoms with Gasteiger partial charge in [-0.05, 0) is 36.2 Å². The number of benzene rings is 1. The fourth-order valence-electron chi connectivity index (χ4n) is 3.01. The molecule has 0 atom stereocenters. The first-order chi connectivity index (χ1) is 15.0. The lowest BCUT2D eigenvalue weighted by molar-refractivity contribution is 0.0978. The molecular weight excluding hydrogens is 438 g/mol. The number of anilines is 1. The van der Waals surface area contributed by atoms with E-state index in [1.54, 1.807) is 17.3 Å². The Kier molecular flexibility index (Phi) is 5.97. The number of carbonyl (C=O) groups is 1. The van der Waals surface area contributed by atoms with E-state index in [0.29, 0.717) is 10.2 Å². The Morgan fingerprint density at radius 2 is 2.00 bits per heavy atom. The van der Waals surface area contributed by atoms with Crippen molar-refractivity contribution in [3.8, 4) is 11.9 Å². The van der Waals surface area contributed by atoms with Crippen molar-refractivity contribution >= 4 is 44.2 Å². The van der Waals surface area contributed by atoms with Gasteiger partial charge in [-0.15, -0.1) is 0 Å². The maximum absolute atomic E-state index is 13.6. The Bertz CT molecular complexity index is 1230. The number of thiazole rings is 1. The van der Waals surface area contributed by atoms with Crippen molar-refractivity contribution in [2.24, 2.45) is 0 Å². The Hall–Kier alpha value is -3.30. The Morgan fingerprint density at radius 1 is 1.16 bits per heavy atom. The summed E-state index contributed by atoms with van der Waals surface area (Å²) in [5.41, 5.74) is 2.70. The maximum atomic E-state index is 13.6. The molecular formula is C21H18ClN5O3S. The zero-order valence-electron chi connectivity index (χ0n) is 17.0. The Morgan fingerprint density at radius 3 is 2.71 bits per heavy atom. The lowest BCUT2D eigenvalue weighted by atomic mass is 10.2. The molecule has 0 unspecified atom stereocenters. The number of fused-ring (bicyclic) bond motifs is 1. The van der Waals surface area contributed by atoms with Gasteiger partial charge in [0, 0.05) is 23.5 Å². The summed E-state index contributed by atoms with van der Waals surface area (Å²) in [4.78, 5) is 32.3. The van der Waals surface area contributed by atoms with E-state index in [1.807, 2.05) is 31.2 Å². The second-order valence-electron chi connectivity index (χ2n) is 6.60. The molecule has 0 spiro atoms. The van der Waals surface area contributed by atoms with Crippen LogP contribution in [0.15, 0.2) is 42.7 Å². The van der Waals surface area contributed by atoms with E-state index in [4.69, 9.17) is 26.1 Å². The van der Waals surface area contributed by atoms with Crippen LogP contribution in [0.3, 0.4) is 0 Å². The van der Waals surface area contributed by atoms with Gasteiger partial charge in [-0.2, -0.15) is 9.97 Å². The van der Waals surface area contributed by atoms with Crippen LogP contribution in [0.5, 0.6) is 11.9 Å². The molecule has 4 aromatic rings. The zero-order valence-corrected chi connectivity index (χ0v) is 18.6. The summed E-state index contributed by atoms with van der Waals surface area (Å²) in [6.07, 6.45) is 3.38. The van der Waals surface area contributed by atoms with E-state index < -0.39 is 0 Å². The molecule has 0 fully saturated rings. The molecule has 0 radical (unpaired) electrons. The third kappa shape index (κ3) is 4.42. The van der Waals surface area contributed by atoms with Crippen LogP contribution < -0.4 is 14.4 Å². The van der Waals surface area contributed by atoms with Crippen molar-refractivity contribution in [2.75, 3.05) is 19.1 Å². The molecule has 3 aromatic heterocycles. The average Bonchev–Trinajstić information content (AvgIpc) is 3.21. The molecule has 10 heteroatoms. The average molecular weight is 456 g/mol. The van der Waals surface area contributed by atoms with Crippen molar-refractivity contribution in [3.05, 3.63) is 64.6 Å². The fourth-order valence-corrected chi connectivity index (χ4v) is 4.42. The predicted octanol–water partition coefficient (Wildman–Crippen LogP) is 4.31. The van der Waals surface area contributed by atoms with Gasteiger partial charge in [0.25, 0.3) is 5.91 Å². The van der Waals surface area contributed by atoms with Gasteiger partial charge >= 0.3 is 6.01 Å². The number of methoxy groups -OCH3 is 2. The highest BCUT2D eigenvalue weighted by Crippen LogP contribution is 2.34. The number of pyridine rings is 1. The van der Waals surface area contributed by atoms with Gasteiger partial charge in [0.05, 0.1) is 31.0 Å². The summed E-state index contributed by atoms with van der Waals surface area (Å²) in [7, 11) is 2.89. The molecule has 0 aliphatic heterocycles. The molecule has 158 valence electrons. The smallest absolute Gasteiger partial charge is 0.320 e. The van der Waals surface area contributed by atoms with Crippen LogP contribution in [-0.2, 0) is 6.54 Å². The predicted molar refractivity (Wildman–Crippen MR) is 119 cm³/mol. The highest BCUT2D eigenvalue weighted by molar-refractivity contribution is 7.22. The molecule has 1 aromatic carbocycles. The van der Waals surface area contributed by atoms with E-state index in [2.05, 4.69) is 15.0 Å². The van der Waals surface area contributed by atoms with Crippen molar-refractivity contribution in [2.45, 2.75) is 13.5 Å². The molecule has 8 nitrogen and oxygen atoms in total. The highest BCUT2D eigenvalue weighted by Gasteiger charge is 2.25. The van der Waals surface area contributed by atoms with Crippen molar-refractivity contribution in [3.63, 3.8) is 0 Å². The van der Waals surface area contributed by atoms with Gasteiger partial charge in [0.1, 0.15) is 5.69 Å². The van der Waals surface area contributed by atoms with Crippen LogP contribution in [0.25, 0.3) is 10.2 Å². The number of amides is 1. The topological polar surface area (TPSA) is 90.3 Å². The largest absolute Gasteiger partial charge is 0.481 e. The second-order valence-corrected chi connectivity index (χ2v) is 8.05. The number of aromatic nitrogens is 4. The van der Waals surface area contributed by atoms with Gasteiger partial charge in [-0.1, -0.05) is 29.0 Å². The normalized spacial score (nSPS) is 10.8. The van der Waals surface area contributed by atoms with E-state index in [0.717, 1.165) is 21.3 Å². The molecule has 4 rings (SSSR count). The van der Waals surface area contributed by atoms with Crippen LogP contribution in [0.4, 0.5) is 5.13 Å². The van der Waals surface area contributed by atoms with Gasteiger partial charge in [-0.25, -0.2) is 4.98 Å². The summed E-state index contributed by atoms with van der Waals surface area (Å²) >= 11 is 7.59. The highest BCUT2D eigenvalue weighted by atomic mass is 35.5. The van der Waals surface area contributed by atoms with Crippen LogP contribution in [0.1, 0.15) is 21.6 Å². The quantitative estimate of drug-likeness (QED) is 0.428. The summed E-state index contributed by atoms with van der Waals surface area (Å²) < 4.78 is 11.2. The number of nitrogens with zero attached hydrogens (tertiary/aromatic N) is 5. The molecule has 1 amide bonds. The lowest BCUT2D eigenvalue weighted by Crippen LogP contribution is -2.31. The molecule has 3 heterocycles. The minimum Gasteiger partial charge on any atom is -0.481 e. The molecule has 0 saturated carbocycles. The summed E-state index contributed by atoms with van der Waals surface area (Å²) in [5.74, 6) is -0.144. The molecule has 0 aliphatic carbocycles. The van der Waals surface area contributed by atoms with Crippen molar-refractivity contribution < 1.29 is 14.3 Å². The van der Waals surface area contributed by atoms with Crippen LogP contribution in [0, 0.1) is 6.92 Å². The first-order valence-electron chi connectivity index (χ1n) is 9.23. The third-order valence-corrected chi connectivity index (χ3v) is 5.72. The van der Waals surface area contributed by atoms with E-state index in [-0.39, 0.29) is 30.0 Å². The maximum Gasteiger partial charge on any atom is 0.320 e. The summed E-state index contributed by atoms with van der Waals surface area (Å²) in [5, 5.41) is 1.14. The second kappa shape index (κ2) is 8.83. The van der Waals surface area contributed by atoms with Crippen molar-refractivity contribution in [1.29, 1.82) is 0 Å². The molecule has 0 saturated heterocycles. The van der Waals surface area contributed by atoms with Gasteiger partial charge in [0.15, 0.2) is 5.13 Å². The number of rotatable bonds is 6. The van der Waals surface area contributed by atoms with Crippen LogP contribution in [-0.4, -0.2) is 40.1 Å². The molecule has 31 heavy (non-hydrogen) atoms. The SMILES string of the molecule is COc1cc(C(=O)N(Cc2cccnc2)c2nc3c(C)cc(Cl)cc3s2)nc(OC)n1. The van der Waals surface area contributed by atoms with E-state index in [9.17, 15) is 4.79 Å². The number of halogens is 1. The Labute approximate surface area is 187 Å². The monoisotopic (exact) mass is 455 g/mol. The van der Waals surface area contributed by atoms with E-state index in [1.165, 1.54) is 31.6 Å². The van der Waals surface area contributed by atoms with Crippen LogP contribution >= 0.6 is 22.9 Å². The standard InChI is InChI=1S/C21H18ClN5O3S/c1-12-7-14(22)8-16-18(12)26-21(31-16)27(11-13-5-4-6-23-10-13)19(28)15-9-17(29-2)25-20(24-15)30-3/h4-10H,11H2,1-3H3. The lowest BCUT2D eigenvalue weighted by Gasteiger charge is -2.19. The summed E-state index contributed by atoms with van der Waals surface area (Å²) in [6.45, 7) is 2.19. The molecule has 0 bridgehead atoms.